The van der Waals surface area contributed by atoms with E-state index in [1.54, 1.807) is 23.1 Å². The predicted octanol–water partition coefficient (Wildman–Crippen LogP) is 1.17. The molecule has 0 aliphatic carbocycles. The van der Waals surface area contributed by atoms with E-state index in [0.29, 0.717) is 12.3 Å². The number of thiophene rings is 1. The molecule has 102 valence electrons. The summed E-state index contributed by atoms with van der Waals surface area (Å²) in [6, 6.07) is 3.88. The van der Waals surface area contributed by atoms with E-state index >= 15 is 0 Å². The van der Waals surface area contributed by atoms with Crippen molar-refractivity contribution in [2.45, 2.75) is 11.4 Å². The summed E-state index contributed by atoms with van der Waals surface area (Å²) in [5, 5.41) is 1.61. The fourth-order valence-electron chi connectivity index (χ4n) is 2.06. The lowest BCUT2D eigenvalue weighted by Crippen LogP contribution is -2.49. The number of nitrogens with two attached hydrogens (primary N) is 1. The molecule has 1 aliphatic heterocycles. The first-order valence-corrected chi connectivity index (χ1v) is 9.77. The molecule has 4 nitrogen and oxygen atoms in total. The second kappa shape index (κ2) is 5.92. The van der Waals surface area contributed by atoms with Gasteiger partial charge in [-0.3, -0.25) is 4.90 Å². The molecule has 0 amide bonds. The first kappa shape index (κ1) is 14.3. The Labute approximate surface area is 116 Å². The Morgan fingerprint density at radius 1 is 1.61 bits per heavy atom. The number of nitrogens with zero attached hydrogens (tertiary/aromatic N) is 1. The third-order valence-electron chi connectivity index (χ3n) is 3.02. The third-order valence-corrected chi connectivity index (χ3v) is 6.72. The van der Waals surface area contributed by atoms with Gasteiger partial charge >= 0.3 is 0 Å². The van der Waals surface area contributed by atoms with Crippen molar-refractivity contribution in [3.8, 4) is 0 Å². The van der Waals surface area contributed by atoms with Crippen molar-refractivity contribution in [2.24, 2.45) is 5.73 Å². The maximum absolute atomic E-state index is 11.8. The highest BCUT2D eigenvalue weighted by Crippen LogP contribution is 2.24. The molecule has 2 unspecified atom stereocenters. The molecule has 2 atom stereocenters. The summed E-state index contributed by atoms with van der Waals surface area (Å²) in [5.41, 5.74) is 6.14. The minimum Gasteiger partial charge on any atom is -0.322 e. The van der Waals surface area contributed by atoms with Crippen molar-refractivity contribution in [2.75, 3.05) is 30.9 Å². The number of hydrogen-bond donors (Lipinski definition) is 1. The average Bonchev–Trinajstić information content (AvgIpc) is 2.81. The van der Waals surface area contributed by atoms with Crippen LogP contribution in [0.3, 0.4) is 0 Å². The van der Waals surface area contributed by atoms with Crippen molar-refractivity contribution < 1.29 is 8.42 Å². The zero-order chi connectivity index (χ0) is 13.2. The molecule has 2 rings (SSSR count). The average molecular weight is 306 g/mol. The van der Waals surface area contributed by atoms with E-state index in [0.717, 1.165) is 17.2 Å². The topological polar surface area (TPSA) is 63.4 Å². The van der Waals surface area contributed by atoms with Crippen molar-refractivity contribution in [3.63, 3.8) is 0 Å². The van der Waals surface area contributed by atoms with E-state index < -0.39 is 9.84 Å². The largest absolute Gasteiger partial charge is 0.322 e. The standard InChI is InChI=1S/C11H18N2O2S3/c1-18(14,15)11-8-16-6-4-13(11)7-9(12)10-3-2-5-17-10/h2-3,5,9,11H,4,6-8,12H2,1H3. The quantitative estimate of drug-likeness (QED) is 0.904. The Bertz CT molecular complexity index is 472. The zero-order valence-corrected chi connectivity index (χ0v) is 12.7. The molecule has 0 saturated carbocycles. The molecule has 0 radical (unpaired) electrons. The Morgan fingerprint density at radius 3 is 3.00 bits per heavy atom. The highest BCUT2D eigenvalue weighted by Gasteiger charge is 2.31. The molecule has 2 N–H and O–H groups in total. The number of hydrogen-bond acceptors (Lipinski definition) is 6. The number of sulfone groups is 1. The highest BCUT2D eigenvalue weighted by atomic mass is 32.2. The van der Waals surface area contributed by atoms with Crippen LogP contribution in [0.4, 0.5) is 0 Å². The summed E-state index contributed by atoms with van der Waals surface area (Å²) in [5.74, 6) is 1.62. The van der Waals surface area contributed by atoms with Gasteiger partial charge in [0.1, 0.15) is 5.37 Å². The van der Waals surface area contributed by atoms with Gasteiger partial charge in [-0.15, -0.1) is 11.3 Å². The Morgan fingerprint density at radius 2 is 2.39 bits per heavy atom. The molecule has 2 heterocycles. The fraction of sp³-hybridized carbons (Fsp3) is 0.636. The first-order valence-electron chi connectivity index (χ1n) is 5.78. The van der Waals surface area contributed by atoms with Gasteiger partial charge in [0.15, 0.2) is 9.84 Å². The molecule has 18 heavy (non-hydrogen) atoms. The Kier molecular flexibility index (Phi) is 4.71. The second-order valence-corrected chi connectivity index (χ2v) is 8.81. The van der Waals surface area contributed by atoms with Crippen LogP contribution < -0.4 is 5.73 Å². The van der Waals surface area contributed by atoms with Crippen molar-refractivity contribution >= 4 is 32.9 Å². The third kappa shape index (κ3) is 3.48. The van der Waals surface area contributed by atoms with E-state index in [4.69, 9.17) is 5.73 Å². The molecule has 7 heteroatoms. The summed E-state index contributed by atoms with van der Waals surface area (Å²) < 4.78 is 23.5. The maximum atomic E-state index is 11.8. The van der Waals surface area contributed by atoms with E-state index in [2.05, 4.69) is 0 Å². The van der Waals surface area contributed by atoms with Crippen LogP contribution in [0.2, 0.25) is 0 Å². The second-order valence-electron chi connectivity index (χ2n) is 4.48. The van der Waals surface area contributed by atoms with Gasteiger partial charge in [0, 0.05) is 35.7 Å². The summed E-state index contributed by atoms with van der Waals surface area (Å²) >= 11 is 3.32. The van der Waals surface area contributed by atoms with E-state index in [1.165, 1.54) is 6.26 Å². The van der Waals surface area contributed by atoms with Crippen LogP contribution in [0, 0.1) is 0 Å². The van der Waals surface area contributed by atoms with Crippen LogP contribution in [0.15, 0.2) is 17.5 Å². The van der Waals surface area contributed by atoms with Crippen LogP contribution >= 0.6 is 23.1 Å². The zero-order valence-electron chi connectivity index (χ0n) is 10.3. The van der Waals surface area contributed by atoms with Crippen LogP contribution in [0.25, 0.3) is 0 Å². The van der Waals surface area contributed by atoms with E-state index in [1.807, 2.05) is 22.4 Å². The molecule has 1 aliphatic rings. The van der Waals surface area contributed by atoms with Gasteiger partial charge in [-0.05, 0) is 11.4 Å². The van der Waals surface area contributed by atoms with Gasteiger partial charge < -0.3 is 5.73 Å². The summed E-state index contributed by atoms with van der Waals surface area (Å²) in [6.45, 7) is 1.40. The molecule has 1 aromatic heterocycles. The van der Waals surface area contributed by atoms with Gasteiger partial charge in [0.25, 0.3) is 0 Å². The molecular weight excluding hydrogens is 288 g/mol. The van der Waals surface area contributed by atoms with E-state index in [-0.39, 0.29) is 11.4 Å². The molecular formula is C11H18N2O2S3. The summed E-state index contributed by atoms with van der Waals surface area (Å²) in [4.78, 5) is 3.12. The lowest BCUT2D eigenvalue weighted by Gasteiger charge is -2.35. The molecule has 0 aromatic carbocycles. The first-order chi connectivity index (χ1) is 8.48. The summed E-state index contributed by atoms with van der Waals surface area (Å²) in [7, 11) is -3.04. The molecule has 1 aromatic rings. The summed E-state index contributed by atoms with van der Waals surface area (Å²) in [6.07, 6.45) is 1.31. The van der Waals surface area contributed by atoms with Gasteiger partial charge in [0.2, 0.25) is 0 Å². The number of rotatable bonds is 4. The molecule has 1 saturated heterocycles. The van der Waals surface area contributed by atoms with Crippen molar-refractivity contribution in [1.29, 1.82) is 0 Å². The van der Waals surface area contributed by atoms with Crippen molar-refractivity contribution in [3.05, 3.63) is 22.4 Å². The van der Waals surface area contributed by atoms with Gasteiger partial charge in [-0.1, -0.05) is 6.07 Å². The lowest BCUT2D eigenvalue weighted by molar-refractivity contribution is 0.255. The predicted molar refractivity (Wildman–Crippen MR) is 78.8 cm³/mol. The minimum atomic E-state index is -3.04. The van der Waals surface area contributed by atoms with E-state index in [9.17, 15) is 8.42 Å². The van der Waals surface area contributed by atoms with Gasteiger partial charge in [-0.2, -0.15) is 11.8 Å². The minimum absolute atomic E-state index is 0.0997. The van der Waals surface area contributed by atoms with Crippen molar-refractivity contribution in [1.82, 2.24) is 4.90 Å². The number of thioether (sulfide) groups is 1. The van der Waals surface area contributed by atoms with Crippen LogP contribution in [0.1, 0.15) is 10.9 Å². The molecule has 0 bridgehead atoms. The van der Waals surface area contributed by atoms with Crippen LogP contribution in [0.5, 0.6) is 0 Å². The smallest absolute Gasteiger partial charge is 0.164 e. The Hall–Kier alpha value is -0.0800. The highest BCUT2D eigenvalue weighted by molar-refractivity contribution is 8.00. The van der Waals surface area contributed by atoms with Crippen LogP contribution in [-0.4, -0.2) is 49.5 Å². The monoisotopic (exact) mass is 306 g/mol. The molecule has 1 fully saturated rings. The normalized spacial score (nSPS) is 24.0. The van der Waals surface area contributed by atoms with Gasteiger partial charge in [-0.25, -0.2) is 8.42 Å². The Balaban J connectivity index is 2.06. The fourth-order valence-corrected chi connectivity index (χ4v) is 5.74. The van der Waals surface area contributed by atoms with Crippen LogP contribution in [-0.2, 0) is 9.84 Å². The lowest BCUT2D eigenvalue weighted by atomic mass is 10.2. The molecule has 0 spiro atoms. The SMILES string of the molecule is CS(=O)(=O)C1CSCCN1CC(N)c1cccs1. The maximum Gasteiger partial charge on any atom is 0.164 e. The van der Waals surface area contributed by atoms with Gasteiger partial charge in [0.05, 0.1) is 6.04 Å².